The zero-order valence-electron chi connectivity index (χ0n) is 20.3. The molecule has 1 aromatic carbocycles. The van der Waals surface area contributed by atoms with E-state index in [9.17, 15) is 9.59 Å². The highest BCUT2D eigenvalue weighted by Crippen LogP contribution is 2.34. The van der Waals surface area contributed by atoms with Gasteiger partial charge < -0.3 is 19.2 Å². The van der Waals surface area contributed by atoms with E-state index in [0.717, 1.165) is 42.5 Å². The Labute approximate surface area is 201 Å². The smallest absolute Gasteiger partial charge is 0.271 e. The van der Waals surface area contributed by atoms with Gasteiger partial charge in [0, 0.05) is 24.7 Å². The number of aryl methyl sites for hydroxylation is 1. The summed E-state index contributed by atoms with van der Waals surface area (Å²) in [6.45, 7) is 4.74. The summed E-state index contributed by atoms with van der Waals surface area (Å²) >= 11 is 0. The van der Waals surface area contributed by atoms with Crippen molar-refractivity contribution in [3.05, 3.63) is 59.5 Å². The molecule has 2 amide bonds. The minimum Gasteiger partial charge on any atom is -0.460 e. The maximum atomic E-state index is 13.9. The second-order valence-corrected chi connectivity index (χ2v) is 10.2. The molecule has 3 aromatic rings. The molecule has 5 rings (SSSR count). The zero-order chi connectivity index (χ0) is 23.7. The molecule has 0 radical (unpaired) electrons. The van der Waals surface area contributed by atoms with Gasteiger partial charge in [0.1, 0.15) is 17.0 Å². The Balaban J connectivity index is 1.46. The van der Waals surface area contributed by atoms with Gasteiger partial charge in [0.25, 0.3) is 5.91 Å². The second kappa shape index (κ2) is 9.32. The lowest BCUT2D eigenvalue weighted by Gasteiger charge is -2.44. The van der Waals surface area contributed by atoms with E-state index in [4.69, 9.17) is 4.42 Å². The van der Waals surface area contributed by atoms with Crippen LogP contribution in [0.4, 0.5) is 0 Å². The number of nitrogens with zero attached hydrogens (tertiary/aromatic N) is 2. The first-order valence-electron chi connectivity index (χ1n) is 12.7. The first-order chi connectivity index (χ1) is 16.5. The van der Waals surface area contributed by atoms with Crippen LogP contribution in [0.5, 0.6) is 0 Å². The lowest BCUT2D eigenvalue weighted by atomic mass is 9.91. The number of hydrogen-bond donors (Lipinski definition) is 1. The van der Waals surface area contributed by atoms with E-state index in [2.05, 4.69) is 17.4 Å². The van der Waals surface area contributed by atoms with Gasteiger partial charge in [0.15, 0.2) is 5.58 Å². The summed E-state index contributed by atoms with van der Waals surface area (Å²) < 4.78 is 7.79. The Morgan fingerprint density at radius 3 is 2.53 bits per heavy atom. The van der Waals surface area contributed by atoms with Crippen LogP contribution in [-0.4, -0.2) is 39.4 Å². The maximum absolute atomic E-state index is 13.9. The third-order valence-electron chi connectivity index (χ3n) is 7.64. The van der Waals surface area contributed by atoms with Crippen LogP contribution in [0.2, 0.25) is 0 Å². The van der Waals surface area contributed by atoms with Crippen LogP contribution in [0.1, 0.15) is 73.7 Å². The molecule has 180 valence electrons. The van der Waals surface area contributed by atoms with Crippen molar-refractivity contribution in [1.82, 2.24) is 14.8 Å². The van der Waals surface area contributed by atoms with Gasteiger partial charge in [0.2, 0.25) is 5.91 Å². The van der Waals surface area contributed by atoms with Crippen molar-refractivity contribution in [3.63, 3.8) is 0 Å². The van der Waals surface area contributed by atoms with Crippen LogP contribution in [0.15, 0.2) is 46.9 Å². The number of amides is 2. The second-order valence-electron chi connectivity index (χ2n) is 10.2. The lowest BCUT2D eigenvalue weighted by molar-refractivity contribution is -0.133. The van der Waals surface area contributed by atoms with Gasteiger partial charge in [0.05, 0.1) is 12.1 Å². The molecule has 1 atom stereocenters. The SMILES string of the molecule is Cc1cc2c(cc3n2CC(C)(C(=O)NC2CCCCCCC2)N(CCc2ccccc2)C3=O)o1. The first-order valence-corrected chi connectivity index (χ1v) is 12.7. The highest BCUT2D eigenvalue weighted by atomic mass is 16.3. The van der Waals surface area contributed by atoms with Crippen molar-refractivity contribution in [1.29, 1.82) is 0 Å². The molecule has 0 saturated heterocycles. The van der Waals surface area contributed by atoms with Crippen molar-refractivity contribution >= 4 is 22.9 Å². The predicted octanol–water partition coefficient (Wildman–Crippen LogP) is 5.23. The fourth-order valence-corrected chi connectivity index (χ4v) is 5.64. The minimum atomic E-state index is -0.974. The Bertz CT molecular complexity index is 1170. The average molecular weight is 462 g/mol. The summed E-state index contributed by atoms with van der Waals surface area (Å²) in [6, 6.07) is 14.1. The van der Waals surface area contributed by atoms with Gasteiger partial charge in [-0.3, -0.25) is 9.59 Å². The molecule has 3 heterocycles. The molecular formula is C28H35N3O3. The number of benzene rings is 1. The van der Waals surface area contributed by atoms with Crippen LogP contribution in [0, 0.1) is 6.92 Å². The molecule has 1 aliphatic heterocycles. The van der Waals surface area contributed by atoms with Gasteiger partial charge in [-0.15, -0.1) is 0 Å². The van der Waals surface area contributed by atoms with Crippen molar-refractivity contribution < 1.29 is 14.0 Å². The predicted molar refractivity (Wildman–Crippen MR) is 133 cm³/mol. The van der Waals surface area contributed by atoms with E-state index >= 15 is 0 Å². The minimum absolute atomic E-state index is 0.0489. The number of carbonyl (C=O) groups is 2. The number of furan rings is 1. The maximum Gasteiger partial charge on any atom is 0.271 e. The summed E-state index contributed by atoms with van der Waals surface area (Å²) in [5.74, 6) is 0.647. The zero-order valence-corrected chi connectivity index (χ0v) is 20.3. The first kappa shape index (κ1) is 22.8. The largest absolute Gasteiger partial charge is 0.460 e. The van der Waals surface area contributed by atoms with Gasteiger partial charge in [-0.05, 0) is 38.7 Å². The Hall–Kier alpha value is -3.02. The van der Waals surface area contributed by atoms with Gasteiger partial charge >= 0.3 is 0 Å². The summed E-state index contributed by atoms with van der Waals surface area (Å²) in [5.41, 5.74) is 2.36. The monoisotopic (exact) mass is 461 g/mol. The highest BCUT2D eigenvalue weighted by molar-refractivity contribution is 6.03. The van der Waals surface area contributed by atoms with Gasteiger partial charge in [-0.25, -0.2) is 0 Å². The van der Waals surface area contributed by atoms with Crippen LogP contribution in [0.25, 0.3) is 11.1 Å². The van der Waals surface area contributed by atoms with Crippen molar-refractivity contribution in [2.75, 3.05) is 6.54 Å². The summed E-state index contributed by atoms with van der Waals surface area (Å²) in [7, 11) is 0. The Morgan fingerprint density at radius 1 is 1.09 bits per heavy atom. The molecule has 1 aliphatic carbocycles. The summed E-state index contributed by atoms with van der Waals surface area (Å²) in [5, 5.41) is 3.35. The number of fused-ring (bicyclic) bond motifs is 3. The van der Waals surface area contributed by atoms with Crippen molar-refractivity contribution in [2.45, 2.75) is 83.3 Å². The molecule has 1 unspecified atom stereocenters. The van der Waals surface area contributed by atoms with Crippen molar-refractivity contribution in [3.8, 4) is 0 Å². The topological polar surface area (TPSA) is 67.5 Å². The van der Waals surface area contributed by atoms with Crippen LogP contribution < -0.4 is 5.32 Å². The van der Waals surface area contributed by atoms with Crippen LogP contribution in [-0.2, 0) is 17.8 Å². The molecule has 2 aromatic heterocycles. The van der Waals surface area contributed by atoms with E-state index in [1.54, 1.807) is 4.90 Å². The van der Waals surface area contributed by atoms with E-state index in [1.807, 2.05) is 48.7 Å². The molecule has 1 N–H and O–H groups in total. The standard InChI is InChI=1S/C28H35N3O3/c1-20-17-23-25(34-20)18-24-26(32)31(16-15-21-11-7-6-8-12-21)28(2,19-30(23)24)27(33)29-22-13-9-4-3-5-10-14-22/h6-8,11-12,17-18,22H,3-5,9-10,13-16,19H2,1-2H3,(H,29,33). The molecule has 6 heteroatoms. The Morgan fingerprint density at radius 2 is 1.79 bits per heavy atom. The number of carbonyl (C=O) groups excluding carboxylic acids is 2. The fraction of sp³-hybridized carbons (Fsp3) is 0.500. The number of rotatable bonds is 5. The van der Waals surface area contributed by atoms with E-state index in [1.165, 1.54) is 19.3 Å². The van der Waals surface area contributed by atoms with E-state index in [-0.39, 0.29) is 17.9 Å². The van der Waals surface area contributed by atoms with E-state index in [0.29, 0.717) is 30.8 Å². The number of hydrogen-bond acceptors (Lipinski definition) is 3. The molecular weight excluding hydrogens is 426 g/mol. The van der Waals surface area contributed by atoms with E-state index < -0.39 is 5.54 Å². The highest BCUT2D eigenvalue weighted by Gasteiger charge is 2.48. The third kappa shape index (κ3) is 4.26. The number of aromatic nitrogens is 1. The quantitative estimate of drug-likeness (QED) is 0.566. The lowest BCUT2D eigenvalue weighted by Crippen LogP contribution is -2.65. The van der Waals surface area contributed by atoms with Crippen LogP contribution >= 0.6 is 0 Å². The molecule has 1 fully saturated rings. The molecule has 0 bridgehead atoms. The van der Waals surface area contributed by atoms with Crippen molar-refractivity contribution in [2.24, 2.45) is 0 Å². The molecule has 34 heavy (non-hydrogen) atoms. The molecule has 0 spiro atoms. The number of nitrogens with one attached hydrogen (secondary N) is 1. The molecule has 1 saturated carbocycles. The van der Waals surface area contributed by atoms with Gasteiger partial charge in [-0.1, -0.05) is 62.4 Å². The summed E-state index contributed by atoms with van der Waals surface area (Å²) in [6.07, 6.45) is 8.78. The Kier molecular flexibility index (Phi) is 6.24. The molecule has 6 nitrogen and oxygen atoms in total. The normalized spacial score (nSPS) is 21.8. The average Bonchev–Trinajstić information content (AvgIpc) is 3.32. The molecule has 2 aliphatic rings. The fourth-order valence-electron chi connectivity index (χ4n) is 5.64. The van der Waals surface area contributed by atoms with Crippen LogP contribution in [0.3, 0.4) is 0 Å². The summed E-state index contributed by atoms with van der Waals surface area (Å²) in [4.78, 5) is 29.5. The third-order valence-corrected chi connectivity index (χ3v) is 7.64. The van der Waals surface area contributed by atoms with Gasteiger partial charge in [-0.2, -0.15) is 0 Å².